The predicted molar refractivity (Wildman–Crippen MR) is 123 cm³/mol. The lowest BCUT2D eigenvalue weighted by atomic mass is 10.2. The zero-order valence-electron chi connectivity index (χ0n) is 18.4. The van der Waals surface area contributed by atoms with Gasteiger partial charge in [0.25, 0.3) is 0 Å². The van der Waals surface area contributed by atoms with E-state index in [1.165, 1.54) is 12.7 Å². The first-order valence-electron chi connectivity index (χ1n) is 9.50. The third-order valence-electron chi connectivity index (χ3n) is 3.40. The first-order valence-corrected chi connectivity index (χ1v) is 9.50. The Morgan fingerprint density at radius 1 is 1.19 bits per heavy atom. The molecule has 31 heavy (non-hydrogen) atoms. The maximum absolute atomic E-state index is 10.7. The summed E-state index contributed by atoms with van der Waals surface area (Å²) in [6.45, 7) is 16.0. The number of methoxy groups -OCH3 is 1. The number of likely N-dealkylation sites (tertiary alicyclic amines) is 1. The van der Waals surface area contributed by atoms with Crippen LogP contribution in [0.5, 0.6) is 0 Å². The number of benzene rings is 1. The number of aliphatic hydroxyl groups is 1. The molecule has 1 aliphatic rings. The van der Waals surface area contributed by atoms with Crippen LogP contribution in [0.25, 0.3) is 6.08 Å². The van der Waals surface area contributed by atoms with Crippen LogP contribution in [0.3, 0.4) is 0 Å². The molecule has 1 saturated heterocycles. The fraction of sp³-hybridized carbons (Fsp3) is 0.292. The molecular formula is C24H33NO6. The molecule has 1 fully saturated rings. The van der Waals surface area contributed by atoms with Gasteiger partial charge in [0, 0.05) is 24.6 Å². The molecule has 7 nitrogen and oxygen atoms in total. The van der Waals surface area contributed by atoms with Gasteiger partial charge in [-0.15, -0.1) is 0 Å². The van der Waals surface area contributed by atoms with Crippen LogP contribution in [0.4, 0.5) is 0 Å². The molecule has 1 aromatic rings. The summed E-state index contributed by atoms with van der Waals surface area (Å²) in [4.78, 5) is 32.6. The van der Waals surface area contributed by atoms with Gasteiger partial charge in [0.1, 0.15) is 6.61 Å². The molecule has 0 saturated carbocycles. The first kappa shape index (κ1) is 29.7. The number of amides is 1. The van der Waals surface area contributed by atoms with Gasteiger partial charge in [0.2, 0.25) is 5.91 Å². The molecule has 1 aromatic carbocycles. The Morgan fingerprint density at radius 3 is 2.06 bits per heavy atom. The second-order valence-corrected chi connectivity index (χ2v) is 5.86. The summed E-state index contributed by atoms with van der Waals surface area (Å²) in [6, 6.07) is 10.0. The molecule has 170 valence electrons. The molecular weight excluding hydrogens is 398 g/mol. The van der Waals surface area contributed by atoms with Crippen molar-refractivity contribution in [2.24, 2.45) is 0 Å². The Bertz CT molecular complexity index is 712. The average molecular weight is 432 g/mol. The van der Waals surface area contributed by atoms with E-state index < -0.39 is 5.97 Å². The van der Waals surface area contributed by atoms with Gasteiger partial charge in [-0.2, -0.15) is 0 Å². The van der Waals surface area contributed by atoms with Gasteiger partial charge in [-0.05, 0) is 25.1 Å². The van der Waals surface area contributed by atoms with Gasteiger partial charge in [-0.1, -0.05) is 62.7 Å². The van der Waals surface area contributed by atoms with Crippen molar-refractivity contribution < 1.29 is 29.0 Å². The second-order valence-electron chi connectivity index (χ2n) is 5.86. The highest BCUT2D eigenvalue weighted by Crippen LogP contribution is 2.08. The van der Waals surface area contributed by atoms with Crippen LogP contribution in [0.15, 0.2) is 74.5 Å². The highest BCUT2D eigenvalue weighted by Gasteiger charge is 2.16. The summed E-state index contributed by atoms with van der Waals surface area (Å²) < 4.78 is 8.61. The Balaban J connectivity index is 0. The topological polar surface area (TPSA) is 93.1 Å². The van der Waals surface area contributed by atoms with Crippen LogP contribution in [0.1, 0.15) is 25.3 Å². The van der Waals surface area contributed by atoms with E-state index in [9.17, 15) is 14.4 Å². The molecule has 0 atom stereocenters. The molecule has 0 aromatic heterocycles. The number of esters is 2. The molecule has 1 N–H and O–H groups in total. The van der Waals surface area contributed by atoms with Crippen LogP contribution in [0.2, 0.25) is 0 Å². The van der Waals surface area contributed by atoms with E-state index in [0.717, 1.165) is 19.0 Å². The lowest BCUT2D eigenvalue weighted by Crippen LogP contribution is -2.16. The van der Waals surface area contributed by atoms with Crippen molar-refractivity contribution in [3.05, 3.63) is 80.1 Å². The normalized spacial score (nSPS) is 11.1. The Labute approximate surface area is 185 Å². The molecule has 0 unspecified atom stereocenters. The van der Waals surface area contributed by atoms with Crippen LogP contribution >= 0.6 is 0 Å². The number of nitrogens with zero attached hydrogens (tertiary/aromatic N) is 1. The Morgan fingerprint density at radius 2 is 1.81 bits per heavy atom. The van der Waals surface area contributed by atoms with Gasteiger partial charge < -0.3 is 19.5 Å². The predicted octanol–water partition coefficient (Wildman–Crippen LogP) is 3.53. The van der Waals surface area contributed by atoms with E-state index in [2.05, 4.69) is 35.8 Å². The number of rotatable bonds is 6. The van der Waals surface area contributed by atoms with Crippen molar-refractivity contribution >= 4 is 23.9 Å². The molecule has 0 aliphatic carbocycles. The number of carbonyl (C=O) groups is 3. The number of ether oxygens (including phenoxy) is 2. The number of hydrogen-bond donors (Lipinski definition) is 1. The number of aliphatic hydroxyl groups excluding tert-OH is 1. The minimum atomic E-state index is -0.501. The molecule has 1 amide bonds. The van der Waals surface area contributed by atoms with Gasteiger partial charge in [-0.25, -0.2) is 9.59 Å². The van der Waals surface area contributed by atoms with Crippen molar-refractivity contribution in [3.8, 4) is 0 Å². The zero-order valence-corrected chi connectivity index (χ0v) is 18.4. The fourth-order valence-electron chi connectivity index (χ4n) is 1.83. The third kappa shape index (κ3) is 17.1. The SMILES string of the molecule is C=C(C)C(=O)OC.C=CC(=O)OCCO.C=CN1CCCC1=O.C=Cc1ccccc1. The van der Waals surface area contributed by atoms with Crippen LogP contribution < -0.4 is 0 Å². The van der Waals surface area contributed by atoms with E-state index in [1.807, 2.05) is 36.4 Å². The third-order valence-corrected chi connectivity index (χ3v) is 3.40. The molecule has 0 spiro atoms. The average Bonchev–Trinajstić information content (AvgIpc) is 3.23. The summed E-state index contributed by atoms with van der Waals surface area (Å²) in [5, 5.41) is 8.10. The minimum absolute atomic E-state index is 0.0465. The van der Waals surface area contributed by atoms with Crippen molar-refractivity contribution in [2.75, 3.05) is 26.9 Å². The Kier molecular flexibility index (Phi) is 19.0. The smallest absolute Gasteiger partial charge is 0.332 e. The summed E-state index contributed by atoms with van der Waals surface area (Å²) in [5.74, 6) is -0.640. The number of carbonyl (C=O) groups excluding carboxylic acids is 3. The molecule has 7 heteroatoms. The van der Waals surface area contributed by atoms with Gasteiger partial charge in [-0.3, -0.25) is 4.79 Å². The van der Waals surface area contributed by atoms with Gasteiger partial charge >= 0.3 is 11.9 Å². The summed E-state index contributed by atoms with van der Waals surface area (Å²) in [5.41, 5.74) is 1.61. The van der Waals surface area contributed by atoms with Crippen molar-refractivity contribution in [1.82, 2.24) is 4.90 Å². The van der Waals surface area contributed by atoms with E-state index in [0.29, 0.717) is 12.0 Å². The van der Waals surface area contributed by atoms with Crippen LogP contribution in [-0.4, -0.2) is 54.7 Å². The summed E-state index contributed by atoms with van der Waals surface area (Å²) >= 11 is 0. The molecule has 1 aliphatic heterocycles. The quantitative estimate of drug-likeness (QED) is 0.547. The summed E-state index contributed by atoms with van der Waals surface area (Å²) in [6.07, 6.45) is 6.17. The monoisotopic (exact) mass is 431 g/mol. The highest BCUT2D eigenvalue weighted by molar-refractivity contribution is 5.86. The van der Waals surface area contributed by atoms with E-state index in [4.69, 9.17) is 5.11 Å². The molecule has 2 rings (SSSR count). The van der Waals surface area contributed by atoms with Crippen molar-refractivity contribution in [2.45, 2.75) is 19.8 Å². The van der Waals surface area contributed by atoms with E-state index in [-0.39, 0.29) is 25.1 Å². The van der Waals surface area contributed by atoms with Gasteiger partial charge in [0.15, 0.2) is 0 Å². The maximum Gasteiger partial charge on any atom is 0.332 e. The highest BCUT2D eigenvalue weighted by atomic mass is 16.5. The fourth-order valence-corrected chi connectivity index (χ4v) is 1.83. The van der Waals surface area contributed by atoms with Crippen molar-refractivity contribution in [1.29, 1.82) is 0 Å². The largest absolute Gasteiger partial charge is 0.466 e. The summed E-state index contributed by atoms with van der Waals surface area (Å²) in [7, 11) is 1.33. The zero-order chi connectivity index (χ0) is 24.1. The van der Waals surface area contributed by atoms with Crippen LogP contribution in [0, 0.1) is 0 Å². The van der Waals surface area contributed by atoms with E-state index >= 15 is 0 Å². The minimum Gasteiger partial charge on any atom is -0.466 e. The lowest BCUT2D eigenvalue weighted by molar-refractivity contribution is -0.138. The second kappa shape index (κ2) is 19.8. The Hall–Kier alpha value is -3.45. The standard InChI is InChI=1S/C8H8.C6H9NO.C5H8O3.C5H8O2/c1-2-8-6-4-3-5-7-8;1-2-7-5-3-4-6(7)8;1-2-5(7)8-4-3-6;1-4(2)5(6)7-3/h2-7H,1H2;2H,1,3-5H2;2,6H,1,3-4H2;1H2,2-3H3. The maximum atomic E-state index is 10.7. The van der Waals surface area contributed by atoms with E-state index in [1.54, 1.807) is 18.0 Å². The lowest BCUT2D eigenvalue weighted by Gasteiger charge is -2.05. The molecule has 1 heterocycles. The van der Waals surface area contributed by atoms with Crippen molar-refractivity contribution in [3.63, 3.8) is 0 Å². The first-order chi connectivity index (χ1) is 14.8. The molecule has 0 radical (unpaired) electrons. The molecule has 0 bridgehead atoms. The number of hydrogen-bond acceptors (Lipinski definition) is 6. The van der Waals surface area contributed by atoms with Crippen LogP contribution in [-0.2, 0) is 23.9 Å². The van der Waals surface area contributed by atoms with Gasteiger partial charge in [0.05, 0.1) is 13.7 Å².